The molecule has 0 amide bonds. The molecule has 1 unspecified atom stereocenters. The first-order valence-electron chi connectivity index (χ1n) is 10.3. The molecule has 2 aromatic heterocycles. The summed E-state index contributed by atoms with van der Waals surface area (Å²) in [6.45, 7) is 4.91. The Balaban J connectivity index is 1.49. The molecule has 168 valence electrons. The summed E-state index contributed by atoms with van der Waals surface area (Å²) < 4.78 is 58.9. The number of aromatic nitrogens is 3. The smallest absolute Gasteiger partial charge is 0.374 e. The summed E-state index contributed by atoms with van der Waals surface area (Å²) in [5, 5.41) is 12.2. The number of morpholine rings is 1. The zero-order valence-corrected chi connectivity index (χ0v) is 17.4. The van der Waals surface area contributed by atoms with Crippen molar-refractivity contribution in [1.29, 1.82) is 0 Å². The van der Waals surface area contributed by atoms with Crippen LogP contribution < -0.4 is 10.2 Å². The molecule has 2 aliphatic rings. The van der Waals surface area contributed by atoms with Gasteiger partial charge in [0.2, 0.25) is 0 Å². The van der Waals surface area contributed by atoms with E-state index in [4.69, 9.17) is 4.74 Å². The van der Waals surface area contributed by atoms with Crippen LogP contribution in [-0.2, 0) is 10.9 Å². The summed E-state index contributed by atoms with van der Waals surface area (Å²) in [4.78, 5) is 6.83. The van der Waals surface area contributed by atoms with E-state index in [-0.39, 0.29) is 11.7 Å². The number of benzene rings is 1. The molecule has 3 aromatic rings. The van der Waals surface area contributed by atoms with Crippen LogP contribution in [0.4, 0.5) is 29.1 Å². The summed E-state index contributed by atoms with van der Waals surface area (Å²) >= 11 is 0. The summed E-state index contributed by atoms with van der Waals surface area (Å²) in [6.07, 6.45) is -1.63. The quantitative estimate of drug-likeness (QED) is 0.588. The van der Waals surface area contributed by atoms with Crippen LogP contribution in [0.15, 0.2) is 30.5 Å². The van der Waals surface area contributed by atoms with Gasteiger partial charge in [-0.1, -0.05) is 0 Å². The van der Waals surface area contributed by atoms with Crippen molar-refractivity contribution in [2.45, 2.75) is 44.6 Å². The highest BCUT2D eigenvalue weighted by molar-refractivity contribution is 5.92. The molecule has 2 fully saturated rings. The molecule has 2 bridgehead atoms. The highest BCUT2D eigenvalue weighted by Crippen LogP contribution is 2.36. The Bertz CT molecular complexity index is 1180. The van der Waals surface area contributed by atoms with Gasteiger partial charge in [-0.2, -0.15) is 18.3 Å². The van der Waals surface area contributed by atoms with Crippen molar-refractivity contribution in [3.05, 3.63) is 53.1 Å². The zero-order valence-electron chi connectivity index (χ0n) is 17.4. The van der Waals surface area contributed by atoms with Gasteiger partial charge in [-0.3, -0.25) is 4.98 Å². The van der Waals surface area contributed by atoms with Crippen molar-refractivity contribution >= 4 is 22.4 Å². The Hall–Kier alpha value is -3.01. The summed E-state index contributed by atoms with van der Waals surface area (Å²) in [5.41, 5.74) is 1.35. The maximum Gasteiger partial charge on any atom is 0.416 e. The monoisotopic (exact) mass is 447 g/mol. The number of ether oxygens (including phenoxy) is 1. The summed E-state index contributed by atoms with van der Waals surface area (Å²) in [6, 6.07) is 4.13. The van der Waals surface area contributed by atoms with Crippen LogP contribution in [0, 0.1) is 12.7 Å². The van der Waals surface area contributed by atoms with Crippen LogP contribution >= 0.6 is 0 Å². The first-order valence-corrected chi connectivity index (χ1v) is 10.3. The molecule has 10 heteroatoms. The van der Waals surface area contributed by atoms with Gasteiger partial charge in [0.05, 0.1) is 53.5 Å². The minimum atomic E-state index is -4.63. The van der Waals surface area contributed by atoms with E-state index in [1.807, 2.05) is 6.07 Å². The van der Waals surface area contributed by atoms with E-state index in [1.54, 1.807) is 20.0 Å². The summed E-state index contributed by atoms with van der Waals surface area (Å²) in [7, 11) is 0. The van der Waals surface area contributed by atoms with Crippen LogP contribution in [0.25, 0.3) is 10.9 Å². The number of fused-ring (bicyclic) bond motifs is 3. The first kappa shape index (κ1) is 20.9. The highest BCUT2D eigenvalue weighted by Gasteiger charge is 2.39. The number of rotatable bonds is 4. The molecule has 2 aliphatic heterocycles. The van der Waals surface area contributed by atoms with E-state index in [9.17, 15) is 17.6 Å². The van der Waals surface area contributed by atoms with Gasteiger partial charge in [0, 0.05) is 11.9 Å². The molecule has 0 spiro atoms. The van der Waals surface area contributed by atoms with Gasteiger partial charge in [0.15, 0.2) is 5.82 Å². The Morgan fingerprint density at radius 1 is 1.19 bits per heavy atom. The average molecular weight is 447 g/mol. The van der Waals surface area contributed by atoms with Crippen LogP contribution in [0.2, 0.25) is 0 Å². The molecule has 1 N–H and O–H groups in total. The Morgan fingerprint density at radius 3 is 2.69 bits per heavy atom. The van der Waals surface area contributed by atoms with Crippen LogP contribution in [0.1, 0.15) is 36.2 Å². The molecule has 0 aliphatic carbocycles. The lowest BCUT2D eigenvalue weighted by molar-refractivity contribution is -0.137. The standard InChI is InChI=1S/C22H21F4N5O/c1-11(13-3-14(22(24,25)26)5-15(23)4-13)28-21-19-7-16(8-27-20(19)12(2)29-30-21)31-9-18-6-17(31)10-32-18/h3-5,7-8,11,17-18H,6,9-10H2,1-2H3,(H,28,30)/t11-,17?,18-/m1/s1. The fourth-order valence-electron chi connectivity index (χ4n) is 4.44. The van der Waals surface area contributed by atoms with Gasteiger partial charge in [0.25, 0.3) is 0 Å². The molecule has 2 saturated heterocycles. The second-order valence-electron chi connectivity index (χ2n) is 8.36. The Labute approximate surface area is 181 Å². The number of hydrogen-bond acceptors (Lipinski definition) is 6. The number of pyridine rings is 1. The summed E-state index contributed by atoms with van der Waals surface area (Å²) in [5.74, 6) is -0.565. The van der Waals surface area contributed by atoms with Gasteiger partial charge >= 0.3 is 6.18 Å². The van der Waals surface area contributed by atoms with Gasteiger partial charge in [0.1, 0.15) is 5.82 Å². The SMILES string of the molecule is Cc1nnc(N[C@H](C)c2cc(F)cc(C(F)(F)F)c2)c2cc(N3C[C@H]4CC3CO4)cnc12. The Kier molecular flexibility index (Phi) is 4.92. The number of nitrogens with one attached hydrogen (secondary N) is 1. The lowest BCUT2D eigenvalue weighted by Crippen LogP contribution is -2.36. The maximum atomic E-state index is 13.9. The fraction of sp³-hybridized carbons (Fsp3) is 0.409. The van der Waals surface area contributed by atoms with Gasteiger partial charge < -0.3 is 15.0 Å². The first-order chi connectivity index (χ1) is 15.2. The molecule has 0 radical (unpaired) electrons. The second-order valence-corrected chi connectivity index (χ2v) is 8.36. The van der Waals surface area contributed by atoms with Gasteiger partial charge in [-0.15, -0.1) is 5.10 Å². The van der Waals surface area contributed by atoms with Crippen molar-refractivity contribution in [2.75, 3.05) is 23.4 Å². The Morgan fingerprint density at radius 2 is 2.00 bits per heavy atom. The van der Waals surface area contributed by atoms with Crippen molar-refractivity contribution in [3.63, 3.8) is 0 Å². The van der Waals surface area contributed by atoms with Gasteiger partial charge in [-0.05, 0) is 50.1 Å². The minimum absolute atomic E-state index is 0.158. The van der Waals surface area contributed by atoms with E-state index in [2.05, 4.69) is 25.4 Å². The molecule has 5 rings (SSSR count). The lowest BCUT2D eigenvalue weighted by Gasteiger charge is -2.29. The predicted molar refractivity (Wildman–Crippen MR) is 111 cm³/mol. The molecule has 3 atom stereocenters. The van der Waals surface area contributed by atoms with Gasteiger partial charge in [-0.25, -0.2) is 4.39 Å². The van der Waals surface area contributed by atoms with E-state index in [0.29, 0.717) is 41.1 Å². The van der Waals surface area contributed by atoms with Crippen molar-refractivity contribution in [3.8, 4) is 0 Å². The van der Waals surface area contributed by atoms with Crippen molar-refractivity contribution < 1.29 is 22.3 Å². The number of anilines is 2. The minimum Gasteiger partial charge on any atom is -0.374 e. The highest BCUT2D eigenvalue weighted by atomic mass is 19.4. The van der Waals surface area contributed by atoms with Crippen LogP contribution in [0.3, 0.4) is 0 Å². The lowest BCUT2D eigenvalue weighted by atomic mass is 10.0. The molecule has 6 nitrogen and oxygen atoms in total. The molecular formula is C22H21F4N5O. The van der Waals surface area contributed by atoms with E-state index in [1.165, 1.54) is 0 Å². The molecular weight excluding hydrogens is 426 g/mol. The largest absolute Gasteiger partial charge is 0.416 e. The third kappa shape index (κ3) is 3.72. The van der Waals surface area contributed by atoms with E-state index < -0.39 is 23.6 Å². The molecule has 1 aromatic carbocycles. The number of aryl methyl sites for hydroxylation is 1. The second kappa shape index (κ2) is 7.54. The number of alkyl halides is 3. The van der Waals surface area contributed by atoms with Crippen molar-refractivity contribution in [2.24, 2.45) is 0 Å². The van der Waals surface area contributed by atoms with Crippen LogP contribution in [-0.4, -0.2) is 40.5 Å². The molecule has 4 heterocycles. The average Bonchev–Trinajstić information content (AvgIpc) is 3.38. The number of nitrogens with zero attached hydrogens (tertiary/aromatic N) is 4. The third-order valence-corrected chi connectivity index (χ3v) is 6.10. The topological polar surface area (TPSA) is 63.2 Å². The molecule has 0 saturated carbocycles. The maximum absolute atomic E-state index is 13.9. The van der Waals surface area contributed by atoms with Crippen molar-refractivity contribution in [1.82, 2.24) is 15.2 Å². The molecule has 32 heavy (non-hydrogen) atoms. The predicted octanol–water partition coefficient (Wildman–Crippen LogP) is 4.64. The fourth-order valence-corrected chi connectivity index (χ4v) is 4.44. The zero-order chi connectivity index (χ0) is 22.6. The van der Waals surface area contributed by atoms with Crippen LogP contribution in [0.5, 0.6) is 0 Å². The van der Waals surface area contributed by atoms with E-state index in [0.717, 1.165) is 30.8 Å². The number of halogens is 4. The normalized spacial score (nSPS) is 21.4. The van der Waals surface area contributed by atoms with E-state index >= 15 is 0 Å². The number of hydrogen-bond donors (Lipinski definition) is 1. The third-order valence-electron chi connectivity index (χ3n) is 6.10.